The predicted octanol–water partition coefficient (Wildman–Crippen LogP) is 2.39. The molecular weight excluding hydrogens is 362 g/mol. The summed E-state index contributed by atoms with van der Waals surface area (Å²) >= 11 is 0. The van der Waals surface area contributed by atoms with Gasteiger partial charge < -0.3 is 4.90 Å². The van der Waals surface area contributed by atoms with Crippen LogP contribution in [0.2, 0.25) is 0 Å². The Morgan fingerprint density at radius 2 is 1.96 bits per heavy atom. The van der Waals surface area contributed by atoms with E-state index in [2.05, 4.69) is 5.10 Å². The molecular formula is C20H25N3O3S. The van der Waals surface area contributed by atoms with E-state index in [1.807, 2.05) is 35.0 Å². The SMILES string of the molecule is CN(Cc1ccccc1)C(=O)c1nn([C@H]2CCS(=O)(=O)C2)c2c1CCCC2. The molecule has 2 aliphatic rings. The summed E-state index contributed by atoms with van der Waals surface area (Å²) in [6.45, 7) is 0.527. The van der Waals surface area contributed by atoms with E-state index in [0.717, 1.165) is 42.5 Å². The number of fused-ring (bicyclic) bond motifs is 1. The van der Waals surface area contributed by atoms with Crippen LogP contribution < -0.4 is 0 Å². The molecule has 4 rings (SSSR count). The Bertz CT molecular complexity index is 950. The Kier molecular flexibility index (Phi) is 4.80. The van der Waals surface area contributed by atoms with Gasteiger partial charge in [0.05, 0.1) is 17.5 Å². The first kappa shape index (κ1) is 18.2. The Morgan fingerprint density at radius 1 is 1.22 bits per heavy atom. The van der Waals surface area contributed by atoms with Crippen molar-refractivity contribution in [3.05, 3.63) is 52.8 Å². The summed E-state index contributed by atoms with van der Waals surface area (Å²) in [5.41, 5.74) is 3.67. The van der Waals surface area contributed by atoms with Crippen LogP contribution in [0.5, 0.6) is 0 Å². The molecule has 1 fully saturated rings. The van der Waals surface area contributed by atoms with Gasteiger partial charge >= 0.3 is 0 Å². The normalized spacial score (nSPS) is 21.0. The third kappa shape index (κ3) is 3.65. The minimum absolute atomic E-state index is 0.0865. The van der Waals surface area contributed by atoms with Crippen LogP contribution in [0.1, 0.15) is 52.6 Å². The van der Waals surface area contributed by atoms with Crippen LogP contribution in [0.15, 0.2) is 30.3 Å². The fourth-order valence-electron chi connectivity index (χ4n) is 4.18. The van der Waals surface area contributed by atoms with Crippen LogP contribution in [-0.2, 0) is 29.2 Å². The number of sulfone groups is 1. The maximum atomic E-state index is 13.1. The average Bonchev–Trinajstić information content (AvgIpc) is 3.22. The molecule has 1 aromatic heterocycles. The number of rotatable bonds is 4. The summed E-state index contributed by atoms with van der Waals surface area (Å²) in [6.07, 6.45) is 4.41. The maximum Gasteiger partial charge on any atom is 0.274 e. The van der Waals surface area contributed by atoms with Crippen molar-refractivity contribution in [2.75, 3.05) is 18.6 Å². The minimum atomic E-state index is -2.99. The summed E-state index contributed by atoms with van der Waals surface area (Å²) in [5, 5.41) is 4.66. The van der Waals surface area contributed by atoms with E-state index in [1.54, 1.807) is 11.9 Å². The highest BCUT2D eigenvalue weighted by Crippen LogP contribution is 2.31. The van der Waals surface area contributed by atoms with Gasteiger partial charge in [0.1, 0.15) is 0 Å². The smallest absolute Gasteiger partial charge is 0.274 e. The number of carbonyl (C=O) groups is 1. The molecule has 1 saturated heterocycles. The molecule has 1 amide bonds. The Balaban J connectivity index is 1.63. The highest BCUT2D eigenvalue weighted by molar-refractivity contribution is 7.91. The number of hydrogen-bond donors (Lipinski definition) is 0. The number of aromatic nitrogens is 2. The van der Waals surface area contributed by atoms with Gasteiger partial charge in [0.15, 0.2) is 15.5 Å². The van der Waals surface area contributed by atoms with Crippen molar-refractivity contribution in [2.24, 2.45) is 0 Å². The molecule has 2 aromatic rings. The van der Waals surface area contributed by atoms with Crippen LogP contribution in [0.4, 0.5) is 0 Å². The molecule has 1 atom stereocenters. The molecule has 0 bridgehead atoms. The number of amides is 1. The standard InChI is InChI=1S/C20H25N3O3S/c1-22(13-15-7-3-2-4-8-15)20(24)19-17-9-5-6-10-18(17)23(21-19)16-11-12-27(25,26)14-16/h2-4,7-8,16H,5-6,9-14H2,1H3/t16-/m0/s1. The summed E-state index contributed by atoms with van der Waals surface area (Å²) in [4.78, 5) is 14.8. The van der Waals surface area contributed by atoms with Gasteiger partial charge in [-0.2, -0.15) is 5.10 Å². The Labute approximate surface area is 160 Å². The third-order valence-corrected chi connectivity index (χ3v) is 7.33. The van der Waals surface area contributed by atoms with Gasteiger partial charge in [-0.05, 0) is 37.7 Å². The van der Waals surface area contributed by atoms with E-state index >= 15 is 0 Å². The third-order valence-electron chi connectivity index (χ3n) is 5.57. The van der Waals surface area contributed by atoms with Crippen molar-refractivity contribution in [2.45, 2.75) is 44.7 Å². The van der Waals surface area contributed by atoms with Crippen LogP contribution in [0.25, 0.3) is 0 Å². The van der Waals surface area contributed by atoms with E-state index in [0.29, 0.717) is 18.7 Å². The number of carbonyl (C=O) groups excluding carboxylic acids is 1. The number of hydrogen-bond acceptors (Lipinski definition) is 4. The number of nitrogens with zero attached hydrogens (tertiary/aromatic N) is 3. The van der Waals surface area contributed by atoms with Gasteiger partial charge in [0.2, 0.25) is 0 Å². The van der Waals surface area contributed by atoms with Gasteiger partial charge in [-0.3, -0.25) is 9.48 Å². The van der Waals surface area contributed by atoms with Crippen LogP contribution in [-0.4, -0.2) is 47.6 Å². The highest BCUT2D eigenvalue weighted by Gasteiger charge is 2.34. The van der Waals surface area contributed by atoms with E-state index in [-0.39, 0.29) is 23.5 Å². The Hall–Kier alpha value is -2.15. The van der Waals surface area contributed by atoms with Gasteiger partial charge in [-0.15, -0.1) is 0 Å². The lowest BCUT2D eigenvalue weighted by atomic mass is 9.95. The first-order chi connectivity index (χ1) is 12.9. The lowest BCUT2D eigenvalue weighted by Gasteiger charge is -2.18. The average molecular weight is 388 g/mol. The van der Waals surface area contributed by atoms with Gasteiger partial charge in [-0.25, -0.2) is 8.42 Å². The fourth-order valence-corrected chi connectivity index (χ4v) is 5.87. The zero-order valence-corrected chi connectivity index (χ0v) is 16.4. The van der Waals surface area contributed by atoms with Gasteiger partial charge in [0.25, 0.3) is 5.91 Å². The summed E-state index contributed by atoms with van der Waals surface area (Å²) in [6, 6.07) is 9.75. The van der Waals surface area contributed by atoms with E-state index in [4.69, 9.17) is 0 Å². The first-order valence-electron chi connectivity index (χ1n) is 9.55. The van der Waals surface area contributed by atoms with E-state index < -0.39 is 9.84 Å². The topological polar surface area (TPSA) is 72.3 Å². The van der Waals surface area contributed by atoms with Crippen LogP contribution in [0, 0.1) is 0 Å². The molecule has 6 nitrogen and oxygen atoms in total. The van der Waals surface area contributed by atoms with Crippen molar-refractivity contribution in [1.29, 1.82) is 0 Å². The van der Waals surface area contributed by atoms with Gasteiger partial charge in [0, 0.05) is 24.8 Å². The second-order valence-corrected chi connectivity index (χ2v) is 9.86. The zero-order valence-electron chi connectivity index (χ0n) is 15.6. The molecule has 0 saturated carbocycles. The van der Waals surface area contributed by atoms with Crippen LogP contribution in [0.3, 0.4) is 0 Å². The van der Waals surface area contributed by atoms with Crippen molar-refractivity contribution < 1.29 is 13.2 Å². The monoisotopic (exact) mass is 387 g/mol. The molecule has 0 unspecified atom stereocenters. The second-order valence-electron chi connectivity index (χ2n) is 7.63. The maximum absolute atomic E-state index is 13.1. The summed E-state index contributed by atoms with van der Waals surface area (Å²) in [5.74, 6) is 0.259. The fraction of sp³-hybridized carbons (Fsp3) is 0.500. The molecule has 0 radical (unpaired) electrons. The Morgan fingerprint density at radius 3 is 2.67 bits per heavy atom. The second kappa shape index (κ2) is 7.11. The summed E-state index contributed by atoms with van der Waals surface area (Å²) < 4.78 is 25.7. The van der Waals surface area contributed by atoms with Crippen molar-refractivity contribution in [3.8, 4) is 0 Å². The highest BCUT2D eigenvalue weighted by atomic mass is 32.2. The van der Waals surface area contributed by atoms with Crippen molar-refractivity contribution in [3.63, 3.8) is 0 Å². The molecule has 7 heteroatoms. The van der Waals surface area contributed by atoms with Crippen molar-refractivity contribution in [1.82, 2.24) is 14.7 Å². The molecule has 0 N–H and O–H groups in total. The molecule has 144 valence electrons. The van der Waals surface area contributed by atoms with E-state index in [1.165, 1.54) is 0 Å². The lowest BCUT2D eigenvalue weighted by molar-refractivity contribution is 0.0777. The molecule has 1 aliphatic carbocycles. The quantitative estimate of drug-likeness (QED) is 0.808. The molecule has 1 aromatic carbocycles. The zero-order chi connectivity index (χ0) is 19.0. The first-order valence-corrected chi connectivity index (χ1v) is 11.4. The molecule has 2 heterocycles. The lowest BCUT2D eigenvalue weighted by Crippen LogP contribution is -2.27. The number of benzene rings is 1. The molecule has 1 aliphatic heterocycles. The van der Waals surface area contributed by atoms with Crippen molar-refractivity contribution >= 4 is 15.7 Å². The largest absolute Gasteiger partial charge is 0.336 e. The van der Waals surface area contributed by atoms with Crippen LogP contribution >= 0.6 is 0 Å². The predicted molar refractivity (Wildman–Crippen MR) is 103 cm³/mol. The molecule has 0 spiro atoms. The molecule has 27 heavy (non-hydrogen) atoms. The van der Waals surface area contributed by atoms with Gasteiger partial charge in [-0.1, -0.05) is 30.3 Å². The summed E-state index contributed by atoms with van der Waals surface area (Å²) in [7, 11) is -1.20. The van der Waals surface area contributed by atoms with E-state index in [9.17, 15) is 13.2 Å². The minimum Gasteiger partial charge on any atom is -0.336 e.